The SMILES string of the molecule is COc1ccccc1-c1cc(C)c(=O)n(CCN2CCOCC2)n1. The largest absolute Gasteiger partial charge is 0.496 e. The maximum Gasteiger partial charge on any atom is 0.269 e. The van der Waals surface area contributed by atoms with E-state index in [2.05, 4.69) is 10.00 Å². The number of rotatable bonds is 5. The average molecular weight is 329 g/mol. The second-order valence-electron chi connectivity index (χ2n) is 5.90. The summed E-state index contributed by atoms with van der Waals surface area (Å²) in [5.41, 5.74) is 2.30. The van der Waals surface area contributed by atoms with Gasteiger partial charge in [-0.1, -0.05) is 12.1 Å². The molecule has 24 heavy (non-hydrogen) atoms. The number of morpholine rings is 1. The van der Waals surface area contributed by atoms with E-state index in [1.54, 1.807) is 11.8 Å². The van der Waals surface area contributed by atoms with Crippen molar-refractivity contribution >= 4 is 0 Å². The molecule has 2 aromatic rings. The first-order valence-corrected chi connectivity index (χ1v) is 8.21. The van der Waals surface area contributed by atoms with Crippen molar-refractivity contribution in [2.45, 2.75) is 13.5 Å². The summed E-state index contributed by atoms with van der Waals surface area (Å²) in [6, 6.07) is 9.54. The molecule has 1 aliphatic heterocycles. The fourth-order valence-electron chi connectivity index (χ4n) is 2.88. The van der Waals surface area contributed by atoms with Crippen molar-refractivity contribution in [1.29, 1.82) is 0 Å². The zero-order chi connectivity index (χ0) is 16.9. The quantitative estimate of drug-likeness (QED) is 0.833. The predicted octanol–water partition coefficient (Wildman–Crippen LogP) is 1.56. The molecule has 1 aliphatic rings. The Bertz CT molecular complexity index is 751. The molecule has 0 radical (unpaired) electrons. The molecule has 0 unspecified atom stereocenters. The van der Waals surface area contributed by atoms with Crippen LogP contribution in [0.1, 0.15) is 5.56 Å². The van der Waals surface area contributed by atoms with E-state index in [-0.39, 0.29) is 5.56 Å². The van der Waals surface area contributed by atoms with Crippen molar-refractivity contribution in [3.8, 4) is 17.0 Å². The lowest BCUT2D eigenvalue weighted by molar-refractivity contribution is 0.0358. The second-order valence-corrected chi connectivity index (χ2v) is 5.90. The molecule has 0 amide bonds. The van der Waals surface area contributed by atoms with E-state index in [9.17, 15) is 4.79 Å². The van der Waals surface area contributed by atoms with Crippen LogP contribution in [0.2, 0.25) is 0 Å². The van der Waals surface area contributed by atoms with Crippen LogP contribution < -0.4 is 10.3 Å². The summed E-state index contributed by atoms with van der Waals surface area (Å²) in [4.78, 5) is 14.7. The molecule has 128 valence electrons. The maximum absolute atomic E-state index is 12.4. The van der Waals surface area contributed by atoms with E-state index in [0.717, 1.165) is 49.9 Å². The van der Waals surface area contributed by atoms with Crippen LogP contribution in [0.5, 0.6) is 5.75 Å². The van der Waals surface area contributed by atoms with E-state index in [1.165, 1.54) is 0 Å². The lowest BCUT2D eigenvalue weighted by Crippen LogP contribution is -2.40. The Morgan fingerprint density at radius 3 is 2.71 bits per heavy atom. The van der Waals surface area contributed by atoms with Gasteiger partial charge in [-0.3, -0.25) is 9.69 Å². The van der Waals surface area contributed by atoms with Gasteiger partial charge in [0.15, 0.2) is 0 Å². The fourth-order valence-corrected chi connectivity index (χ4v) is 2.88. The van der Waals surface area contributed by atoms with Crippen molar-refractivity contribution in [2.24, 2.45) is 0 Å². The number of ether oxygens (including phenoxy) is 2. The van der Waals surface area contributed by atoms with Crippen LogP contribution in [-0.2, 0) is 11.3 Å². The fraction of sp³-hybridized carbons (Fsp3) is 0.444. The van der Waals surface area contributed by atoms with Gasteiger partial charge in [0.1, 0.15) is 5.75 Å². The van der Waals surface area contributed by atoms with Gasteiger partial charge in [0, 0.05) is 30.8 Å². The molecular weight excluding hydrogens is 306 g/mol. The lowest BCUT2D eigenvalue weighted by atomic mass is 10.1. The van der Waals surface area contributed by atoms with Crippen LogP contribution in [0.15, 0.2) is 35.1 Å². The molecule has 6 heteroatoms. The molecular formula is C18H23N3O3. The highest BCUT2D eigenvalue weighted by Crippen LogP contribution is 2.27. The number of hydrogen-bond donors (Lipinski definition) is 0. The van der Waals surface area contributed by atoms with Gasteiger partial charge in [-0.25, -0.2) is 4.68 Å². The number of hydrogen-bond acceptors (Lipinski definition) is 5. The van der Waals surface area contributed by atoms with Gasteiger partial charge in [0.05, 0.1) is 32.6 Å². The summed E-state index contributed by atoms with van der Waals surface area (Å²) in [5.74, 6) is 0.753. The third-order valence-corrected chi connectivity index (χ3v) is 4.27. The Labute approximate surface area is 141 Å². The number of methoxy groups -OCH3 is 1. The second kappa shape index (κ2) is 7.59. The molecule has 0 saturated carbocycles. The molecule has 0 N–H and O–H groups in total. The molecule has 1 aromatic heterocycles. The Balaban J connectivity index is 1.87. The monoisotopic (exact) mass is 329 g/mol. The Morgan fingerprint density at radius 1 is 1.21 bits per heavy atom. The van der Waals surface area contributed by atoms with Gasteiger partial charge < -0.3 is 9.47 Å². The molecule has 1 fully saturated rings. The Kier molecular flexibility index (Phi) is 5.27. The van der Waals surface area contributed by atoms with Gasteiger partial charge in [-0.2, -0.15) is 5.10 Å². The summed E-state index contributed by atoms with van der Waals surface area (Å²) in [6.45, 7) is 6.51. The molecule has 1 saturated heterocycles. The van der Waals surface area contributed by atoms with Gasteiger partial charge in [-0.15, -0.1) is 0 Å². The summed E-state index contributed by atoms with van der Waals surface area (Å²) in [6.07, 6.45) is 0. The van der Waals surface area contributed by atoms with Gasteiger partial charge >= 0.3 is 0 Å². The zero-order valence-electron chi connectivity index (χ0n) is 14.2. The first-order chi connectivity index (χ1) is 11.7. The predicted molar refractivity (Wildman–Crippen MR) is 92.5 cm³/mol. The van der Waals surface area contributed by atoms with Gasteiger partial charge in [0.25, 0.3) is 5.56 Å². The summed E-state index contributed by atoms with van der Waals surface area (Å²) in [7, 11) is 1.64. The van der Waals surface area contributed by atoms with Gasteiger partial charge in [-0.05, 0) is 25.1 Å². The van der Waals surface area contributed by atoms with Crippen LogP contribution in [0.3, 0.4) is 0 Å². The molecule has 1 aromatic carbocycles. The standard InChI is InChI=1S/C18H23N3O3/c1-14-13-16(15-5-3-4-6-17(15)23-2)19-21(18(14)22)8-7-20-9-11-24-12-10-20/h3-6,13H,7-12H2,1-2H3. The van der Waals surface area contributed by atoms with Crippen molar-refractivity contribution in [1.82, 2.24) is 14.7 Å². The average Bonchev–Trinajstić information content (AvgIpc) is 2.63. The van der Waals surface area contributed by atoms with Crippen LogP contribution in [0.25, 0.3) is 11.3 Å². The minimum atomic E-state index is -0.0399. The topological polar surface area (TPSA) is 56.6 Å². The summed E-state index contributed by atoms with van der Waals surface area (Å²) < 4.78 is 12.3. The molecule has 0 bridgehead atoms. The number of nitrogens with zero attached hydrogens (tertiary/aromatic N) is 3. The third-order valence-electron chi connectivity index (χ3n) is 4.27. The van der Waals surface area contributed by atoms with E-state index >= 15 is 0 Å². The van der Waals surface area contributed by atoms with E-state index < -0.39 is 0 Å². The highest BCUT2D eigenvalue weighted by molar-refractivity contribution is 5.66. The maximum atomic E-state index is 12.4. The molecule has 0 spiro atoms. The first-order valence-electron chi connectivity index (χ1n) is 8.21. The van der Waals surface area contributed by atoms with Crippen molar-refractivity contribution < 1.29 is 9.47 Å². The number of aryl methyl sites for hydroxylation is 1. The summed E-state index contributed by atoms with van der Waals surface area (Å²) >= 11 is 0. The highest BCUT2D eigenvalue weighted by Gasteiger charge is 2.13. The van der Waals surface area contributed by atoms with E-state index in [0.29, 0.717) is 12.1 Å². The minimum absolute atomic E-state index is 0.0399. The third kappa shape index (κ3) is 3.66. The molecule has 3 rings (SSSR count). The lowest BCUT2D eigenvalue weighted by Gasteiger charge is -2.26. The first kappa shape index (κ1) is 16.7. The van der Waals surface area contributed by atoms with Crippen molar-refractivity contribution in [3.63, 3.8) is 0 Å². The Morgan fingerprint density at radius 2 is 1.96 bits per heavy atom. The minimum Gasteiger partial charge on any atom is -0.496 e. The molecule has 6 nitrogen and oxygen atoms in total. The highest BCUT2D eigenvalue weighted by atomic mass is 16.5. The van der Waals surface area contributed by atoms with Crippen LogP contribution in [0.4, 0.5) is 0 Å². The van der Waals surface area contributed by atoms with E-state index in [1.807, 2.05) is 37.3 Å². The number of benzene rings is 1. The molecule has 0 atom stereocenters. The summed E-state index contributed by atoms with van der Waals surface area (Å²) in [5, 5.41) is 4.56. The van der Waals surface area contributed by atoms with Crippen molar-refractivity contribution in [2.75, 3.05) is 40.0 Å². The molecule has 2 heterocycles. The normalized spacial score (nSPS) is 15.4. The van der Waals surface area contributed by atoms with Crippen LogP contribution in [0, 0.1) is 6.92 Å². The Hall–Kier alpha value is -2.18. The van der Waals surface area contributed by atoms with Crippen molar-refractivity contribution in [3.05, 3.63) is 46.2 Å². The van der Waals surface area contributed by atoms with Crippen LogP contribution >= 0.6 is 0 Å². The van der Waals surface area contributed by atoms with E-state index in [4.69, 9.17) is 9.47 Å². The number of para-hydroxylation sites is 1. The zero-order valence-corrected chi connectivity index (χ0v) is 14.2. The molecule has 0 aliphatic carbocycles. The van der Waals surface area contributed by atoms with Gasteiger partial charge in [0.2, 0.25) is 0 Å². The van der Waals surface area contributed by atoms with Crippen LogP contribution in [-0.4, -0.2) is 54.6 Å². The smallest absolute Gasteiger partial charge is 0.269 e. The number of aromatic nitrogens is 2.